The number of benzene rings is 1. The van der Waals surface area contributed by atoms with Crippen LogP contribution in [0.5, 0.6) is 0 Å². The van der Waals surface area contributed by atoms with E-state index >= 15 is 0 Å². The Labute approximate surface area is 104 Å². The highest BCUT2D eigenvalue weighted by Gasteiger charge is 2.24. The molecule has 1 aromatic carbocycles. The number of aryl methyl sites for hydroxylation is 1. The molecule has 1 heterocycles. The normalized spacial score (nSPS) is 21.8. The smallest absolute Gasteiger partial charge is 0.0630 e. The third kappa shape index (κ3) is 2.39. The highest BCUT2D eigenvalue weighted by Crippen LogP contribution is 2.29. The zero-order valence-electron chi connectivity index (χ0n) is 11.1. The lowest BCUT2D eigenvalue weighted by Crippen LogP contribution is -2.52. The average Bonchev–Trinajstić information content (AvgIpc) is 2.29. The van der Waals surface area contributed by atoms with Crippen LogP contribution in [0, 0.1) is 6.92 Å². The summed E-state index contributed by atoms with van der Waals surface area (Å²) in [6, 6.07) is 6.77. The van der Waals surface area contributed by atoms with E-state index in [0.29, 0.717) is 6.04 Å². The lowest BCUT2D eigenvalue weighted by molar-refractivity contribution is 0.199. The fraction of sp³-hybridized carbons (Fsp3) is 0.571. The van der Waals surface area contributed by atoms with Crippen molar-refractivity contribution in [3.8, 4) is 0 Å². The van der Waals surface area contributed by atoms with Crippen molar-refractivity contribution < 1.29 is 0 Å². The van der Waals surface area contributed by atoms with Gasteiger partial charge in [0.1, 0.15) is 0 Å². The summed E-state index contributed by atoms with van der Waals surface area (Å²) < 4.78 is 0. The molecule has 0 spiro atoms. The highest BCUT2D eigenvalue weighted by atomic mass is 15.3. The Kier molecular flexibility index (Phi) is 3.57. The molecule has 17 heavy (non-hydrogen) atoms. The summed E-state index contributed by atoms with van der Waals surface area (Å²) >= 11 is 0. The summed E-state index contributed by atoms with van der Waals surface area (Å²) in [4.78, 5) is 4.95. The van der Waals surface area contributed by atoms with Gasteiger partial charge in [-0.15, -0.1) is 0 Å². The molecule has 0 radical (unpaired) electrons. The molecule has 94 valence electrons. The van der Waals surface area contributed by atoms with Crippen molar-refractivity contribution in [1.82, 2.24) is 4.90 Å². The van der Waals surface area contributed by atoms with Gasteiger partial charge < -0.3 is 10.6 Å². The van der Waals surface area contributed by atoms with Gasteiger partial charge in [0.05, 0.1) is 11.4 Å². The van der Waals surface area contributed by atoms with Crippen molar-refractivity contribution in [3.05, 3.63) is 23.8 Å². The first-order valence-corrected chi connectivity index (χ1v) is 6.47. The van der Waals surface area contributed by atoms with E-state index in [1.807, 2.05) is 12.1 Å². The van der Waals surface area contributed by atoms with Crippen molar-refractivity contribution >= 4 is 11.4 Å². The van der Waals surface area contributed by atoms with E-state index in [4.69, 9.17) is 5.73 Å². The maximum atomic E-state index is 6.11. The van der Waals surface area contributed by atoms with Gasteiger partial charge in [-0.3, -0.25) is 4.90 Å². The van der Waals surface area contributed by atoms with E-state index in [0.717, 1.165) is 31.9 Å². The molecule has 1 atom stereocenters. The quantitative estimate of drug-likeness (QED) is 0.794. The molecule has 0 aliphatic carbocycles. The Bertz CT molecular complexity index is 369. The van der Waals surface area contributed by atoms with Gasteiger partial charge in [0.25, 0.3) is 0 Å². The van der Waals surface area contributed by atoms with Gasteiger partial charge in [0, 0.05) is 25.7 Å². The minimum absolute atomic E-state index is 0.604. The first kappa shape index (κ1) is 12.2. The maximum absolute atomic E-state index is 6.11. The number of nitrogens with zero attached hydrogens (tertiary/aromatic N) is 2. The second kappa shape index (κ2) is 4.96. The van der Waals surface area contributed by atoms with Crippen molar-refractivity contribution in [2.24, 2.45) is 0 Å². The number of hydrogen-bond donors (Lipinski definition) is 1. The van der Waals surface area contributed by atoms with Crippen LogP contribution >= 0.6 is 0 Å². The Balaban J connectivity index is 2.19. The van der Waals surface area contributed by atoms with Gasteiger partial charge >= 0.3 is 0 Å². The first-order valence-electron chi connectivity index (χ1n) is 6.47. The summed E-state index contributed by atoms with van der Waals surface area (Å²) in [5.41, 5.74) is 9.53. The predicted octanol–water partition coefficient (Wildman–Crippen LogP) is 2.11. The summed E-state index contributed by atoms with van der Waals surface area (Å²) in [6.45, 7) is 11.1. The summed E-state index contributed by atoms with van der Waals surface area (Å²) in [5, 5.41) is 0. The van der Waals surface area contributed by atoms with E-state index < -0.39 is 0 Å². The molecule has 1 saturated heterocycles. The lowest BCUT2D eigenvalue weighted by atomic mass is 10.1. The standard InChI is InChI=1S/C14H23N3/c1-4-16-8-9-17(10-12(16)3)14-11(2)6-5-7-13(14)15/h5-7,12H,4,8-10,15H2,1-3H3. The van der Waals surface area contributed by atoms with E-state index in [1.54, 1.807) is 0 Å². The zero-order valence-corrected chi connectivity index (χ0v) is 11.1. The van der Waals surface area contributed by atoms with Crippen LogP contribution in [0.3, 0.4) is 0 Å². The summed E-state index contributed by atoms with van der Waals surface area (Å²) in [5.74, 6) is 0. The third-order valence-corrected chi connectivity index (χ3v) is 3.76. The summed E-state index contributed by atoms with van der Waals surface area (Å²) in [6.07, 6.45) is 0. The van der Waals surface area contributed by atoms with Crippen molar-refractivity contribution in [1.29, 1.82) is 0 Å². The van der Waals surface area contributed by atoms with Crippen molar-refractivity contribution in [2.75, 3.05) is 36.8 Å². The molecular formula is C14H23N3. The number of para-hydroxylation sites is 1. The first-order chi connectivity index (χ1) is 8.13. The molecule has 0 amide bonds. The van der Waals surface area contributed by atoms with Gasteiger partial charge in [0.2, 0.25) is 0 Å². The topological polar surface area (TPSA) is 32.5 Å². The molecule has 2 rings (SSSR count). The number of piperazine rings is 1. The Morgan fingerprint density at radius 2 is 2.12 bits per heavy atom. The van der Waals surface area contributed by atoms with Gasteiger partial charge in [-0.2, -0.15) is 0 Å². The lowest BCUT2D eigenvalue weighted by Gasteiger charge is -2.41. The van der Waals surface area contributed by atoms with Crippen LogP contribution in [0.25, 0.3) is 0 Å². The van der Waals surface area contributed by atoms with Gasteiger partial charge in [0.15, 0.2) is 0 Å². The molecule has 1 unspecified atom stereocenters. The minimum atomic E-state index is 0.604. The number of likely N-dealkylation sites (N-methyl/N-ethyl adjacent to an activating group) is 1. The second-order valence-corrected chi connectivity index (χ2v) is 4.94. The zero-order chi connectivity index (χ0) is 12.4. The molecule has 1 fully saturated rings. The Morgan fingerprint density at radius 3 is 2.71 bits per heavy atom. The molecule has 3 heteroatoms. The Hall–Kier alpha value is -1.22. The van der Waals surface area contributed by atoms with E-state index in [-0.39, 0.29) is 0 Å². The minimum Gasteiger partial charge on any atom is -0.397 e. The number of nitrogens with two attached hydrogens (primary N) is 1. The van der Waals surface area contributed by atoms with Crippen LogP contribution < -0.4 is 10.6 Å². The maximum Gasteiger partial charge on any atom is 0.0630 e. The third-order valence-electron chi connectivity index (χ3n) is 3.76. The van der Waals surface area contributed by atoms with Gasteiger partial charge in [-0.25, -0.2) is 0 Å². The van der Waals surface area contributed by atoms with Crippen LogP contribution in [-0.4, -0.2) is 37.1 Å². The largest absolute Gasteiger partial charge is 0.397 e. The molecule has 2 N–H and O–H groups in total. The van der Waals surface area contributed by atoms with Crippen LogP contribution in [0.1, 0.15) is 19.4 Å². The number of anilines is 2. The molecule has 0 saturated carbocycles. The average molecular weight is 233 g/mol. The fourth-order valence-corrected chi connectivity index (χ4v) is 2.78. The molecule has 1 aliphatic heterocycles. The molecular weight excluding hydrogens is 210 g/mol. The highest BCUT2D eigenvalue weighted by molar-refractivity contribution is 5.71. The van der Waals surface area contributed by atoms with Crippen molar-refractivity contribution in [2.45, 2.75) is 26.8 Å². The molecule has 1 aliphatic rings. The van der Waals surface area contributed by atoms with E-state index in [9.17, 15) is 0 Å². The fourth-order valence-electron chi connectivity index (χ4n) is 2.78. The number of nitrogen functional groups attached to an aromatic ring is 1. The van der Waals surface area contributed by atoms with Gasteiger partial charge in [-0.05, 0) is 32.0 Å². The van der Waals surface area contributed by atoms with Crippen LogP contribution in [-0.2, 0) is 0 Å². The molecule has 0 bridgehead atoms. The van der Waals surface area contributed by atoms with Crippen molar-refractivity contribution in [3.63, 3.8) is 0 Å². The van der Waals surface area contributed by atoms with Gasteiger partial charge in [-0.1, -0.05) is 19.1 Å². The second-order valence-electron chi connectivity index (χ2n) is 4.94. The monoisotopic (exact) mass is 233 g/mol. The number of hydrogen-bond acceptors (Lipinski definition) is 3. The van der Waals surface area contributed by atoms with Crippen LogP contribution in [0.2, 0.25) is 0 Å². The molecule has 0 aromatic heterocycles. The Morgan fingerprint density at radius 1 is 1.35 bits per heavy atom. The van der Waals surface area contributed by atoms with E-state index in [1.165, 1.54) is 11.3 Å². The SMILES string of the molecule is CCN1CCN(c2c(C)cccc2N)CC1C. The molecule has 3 nitrogen and oxygen atoms in total. The molecule has 1 aromatic rings. The van der Waals surface area contributed by atoms with Crippen LogP contribution in [0.15, 0.2) is 18.2 Å². The predicted molar refractivity (Wildman–Crippen MR) is 74.5 cm³/mol. The van der Waals surface area contributed by atoms with Crippen LogP contribution in [0.4, 0.5) is 11.4 Å². The van der Waals surface area contributed by atoms with E-state index in [2.05, 4.69) is 36.6 Å². The summed E-state index contributed by atoms with van der Waals surface area (Å²) in [7, 11) is 0. The number of rotatable bonds is 2.